The summed E-state index contributed by atoms with van der Waals surface area (Å²) >= 11 is 0. The van der Waals surface area contributed by atoms with Crippen LogP contribution in [0.2, 0.25) is 0 Å². The van der Waals surface area contributed by atoms with Crippen molar-refractivity contribution in [2.45, 2.75) is 18.0 Å². The number of alkyl halides is 3. The molecule has 1 fully saturated rings. The first-order valence-corrected chi connectivity index (χ1v) is 5.77. The Balaban J connectivity index is 1.91. The highest BCUT2D eigenvalue weighted by atomic mass is 19.2. The topological polar surface area (TPSA) is 0 Å². The van der Waals surface area contributed by atoms with E-state index in [2.05, 4.69) is 0 Å². The molecule has 0 amide bonds. The summed E-state index contributed by atoms with van der Waals surface area (Å²) in [7, 11) is 0. The van der Waals surface area contributed by atoms with Crippen molar-refractivity contribution in [3.8, 4) is 11.1 Å². The Bertz CT molecular complexity index is 540. The van der Waals surface area contributed by atoms with Gasteiger partial charge in [0, 0.05) is 0 Å². The van der Waals surface area contributed by atoms with Gasteiger partial charge in [-0.2, -0.15) is 0 Å². The molecule has 0 aromatic heterocycles. The highest BCUT2D eigenvalue weighted by molar-refractivity contribution is 5.64. The largest absolute Gasteiger partial charge is 0.240 e. The Hall–Kier alpha value is -1.77. The quantitative estimate of drug-likeness (QED) is 0.746. The Morgan fingerprint density at radius 3 is 1.72 bits per heavy atom. The first-order valence-electron chi connectivity index (χ1n) is 5.77. The molecule has 0 aliphatic heterocycles. The molecule has 0 bridgehead atoms. The number of hydrogen-bond donors (Lipinski definition) is 0. The highest BCUT2D eigenvalue weighted by Crippen LogP contribution is 2.54. The highest BCUT2D eigenvalue weighted by Gasteiger charge is 2.70. The van der Waals surface area contributed by atoms with Gasteiger partial charge in [0.15, 0.2) is 12.3 Å². The van der Waals surface area contributed by atoms with E-state index in [1.54, 1.807) is 12.1 Å². The predicted molar refractivity (Wildman–Crippen MR) is 64.5 cm³/mol. The molecule has 2 aromatic rings. The van der Waals surface area contributed by atoms with E-state index in [1.165, 1.54) is 12.1 Å². The monoisotopic (exact) mass is 248 g/mol. The van der Waals surface area contributed by atoms with E-state index in [-0.39, 0.29) is 5.56 Å². The van der Waals surface area contributed by atoms with Gasteiger partial charge in [-0.15, -0.1) is 0 Å². The van der Waals surface area contributed by atoms with Crippen LogP contribution in [0.15, 0.2) is 54.6 Å². The Labute approximate surface area is 103 Å². The third kappa shape index (κ3) is 1.54. The van der Waals surface area contributed by atoms with Gasteiger partial charge in [-0.3, -0.25) is 0 Å². The predicted octanol–water partition coefficient (Wildman–Crippen LogP) is 4.21. The first kappa shape index (κ1) is 11.3. The van der Waals surface area contributed by atoms with Crippen LogP contribution in [0.3, 0.4) is 0 Å². The standard InChI is InChI=1S/C15H11F3/c16-13-14(17)15(13,18)12-8-6-11(7-9-12)10-4-2-1-3-5-10/h1-9,13-14H/t13-,14+,15?. The fourth-order valence-electron chi connectivity index (χ4n) is 2.15. The second-order valence-electron chi connectivity index (χ2n) is 4.51. The average Bonchev–Trinajstić information content (AvgIpc) is 2.93. The maximum Gasteiger partial charge on any atom is 0.203 e. The minimum atomic E-state index is -2.44. The zero-order valence-electron chi connectivity index (χ0n) is 9.48. The molecular formula is C15H11F3. The summed E-state index contributed by atoms with van der Waals surface area (Å²) in [6.45, 7) is 0. The van der Waals surface area contributed by atoms with E-state index in [1.807, 2.05) is 30.3 Å². The molecule has 0 nitrogen and oxygen atoms in total. The summed E-state index contributed by atoms with van der Waals surface area (Å²) in [5.74, 6) is 0. The zero-order valence-corrected chi connectivity index (χ0v) is 9.48. The average molecular weight is 248 g/mol. The van der Waals surface area contributed by atoms with Crippen molar-refractivity contribution >= 4 is 0 Å². The molecule has 3 rings (SSSR count). The molecule has 1 saturated carbocycles. The second kappa shape index (κ2) is 3.87. The lowest BCUT2D eigenvalue weighted by atomic mass is 10.0. The van der Waals surface area contributed by atoms with E-state index >= 15 is 0 Å². The van der Waals surface area contributed by atoms with Crippen molar-refractivity contribution in [3.05, 3.63) is 60.2 Å². The van der Waals surface area contributed by atoms with Crippen LogP contribution in [0.1, 0.15) is 5.56 Å². The van der Waals surface area contributed by atoms with Gasteiger partial charge >= 0.3 is 0 Å². The molecule has 1 aliphatic carbocycles. The van der Waals surface area contributed by atoms with Crippen LogP contribution in [0.5, 0.6) is 0 Å². The van der Waals surface area contributed by atoms with E-state index in [0.717, 1.165) is 11.1 Å². The molecule has 1 aliphatic rings. The maximum absolute atomic E-state index is 13.8. The summed E-state index contributed by atoms with van der Waals surface area (Å²) in [6.07, 6.45) is -4.06. The van der Waals surface area contributed by atoms with Crippen LogP contribution >= 0.6 is 0 Å². The van der Waals surface area contributed by atoms with Gasteiger partial charge in [0.25, 0.3) is 0 Å². The zero-order chi connectivity index (χ0) is 12.8. The van der Waals surface area contributed by atoms with Gasteiger partial charge in [-0.1, -0.05) is 54.6 Å². The third-order valence-electron chi connectivity index (χ3n) is 3.38. The van der Waals surface area contributed by atoms with Crippen molar-refractivity contribution in [2.75, 3.05) is 0 Å². The lowest BCUT2D eigenvalue weighted by Crippen LogP contribution is -2.04. The van der Waals surface area contributed by atoms with Crippen LogP contribution in [0.25, 0.3) is 11.1 Å². The van der Waals surface area contributed by atoms with Crippen molar-refractivity contribution in [2.24, 2.45) is 0 Å². The van der Waals surface area contributed by atoms with Crippen molar-refractivity contribution < 1.29 is 13.2 Å². The minimum Gasteiger partial charge on any atom is -0.240 e. The third-order valence-corrected chi connectivity index (χ3v) is 3.38. The molecule has 2 aromatic carbocycles. The normalized spacial score (nSPS) is 30.2. The molecule has 0 N–H and O–H groups in total. The number of hydrogen-bond acceptors (Lipinski definition) is 0. The Morgan fingerprint density at radius 2 is 1.22 bits per heavy atom. The van der Waals surface area contributed by atoms with Crippen LogP contribution < -0.4 is 0 Å². The second-order valence-corrected chi connectivity index (χ2v) is 4.51. The molecule has 3 atom stereocenters. The number of rotatable bonds is 2. The molecule has 3 heteroatoms. The molecule has 92 valence electrons. The lowest BCUT2D eigenvalue weighted by Gasteiger charge is -2.07. The summed E-state index contributed by atoms with van der Waals surface area (Å²) in [6, 6.07) is 15.8. The molecule has 1 unspecified atom stereocenters. The maximum atomic E-state index is 13.8. The fraction of sp³-hybridized carbons (Fsp3) is 0.200. The number of halogens is 3. The van der Waals surface area contributed by atoms with Crippen LogP contribution in [-0.2, 0) is 5.67 Å². The molecule has 0 spiro atoms. The van der Waals surface area contributed by atoms with Crippen molar-refractivity contribution in [3.63, 3.8) is 0 Å². The summed E-state index contributed by atoms with van der Waals surface area (Å²) in [4.78, 5) is 0. The summed E-state index contributed by atoms with van der Waals surface area (Å²) in [5, 5.41) is 0. The Morgan fingerprint density at radius 1 is 0.722 bits per heavy atom. The van der Waals surface area contributed by atoms with Gasteiger partial charge in [0.05, 0.1) is 0 Å². The van der Waals surface area contributed by atoms with Crippen LogP contribution in [0, 0.1) is 0 Å². The van der Waals surface area contributed by atoms with Gasteiger partial charge in [0.2, 0.25) is 5.67 Å². The fourth-order valence-corrected chi connectivity index (χ4v) is 2.15. The molecule has 0 heterocycles. The molecule has 0 saturated heterocycles. The summed E-state index contributed by atoms with van der Waals surface area (Å²) < 4.78 is 39.6. The van der Waals surface area contributed by atoms with E-state index in [4.69, 9.17) is 0 Å². The lowest BCUT2D eigenvalue weighted by molar-refractivity contribution is 0.232. The van der Waals surface area contributed by atoms with Gasteiger partial charge < -0.3 is 0 Å². The molecular weight excluding hydrogens is 237 g/mol. The molecule has 0 radical (unpaired) electrons. The molecule has 18 heavy (non-hydrogen) atoms. The smallest absolute Gasteiger partial charge is 0.203 e. The van der Waals surface area contributed by atoms with E-state index in [9.17, 15) is 13.2 Å². The number of benzene rings is 2. The van der Waals surface area contributed by atoms with Crippen LogP contribution in [-0.4, -0.2) is 12.3 Å². The summed E-state index contributed by atoms with van der Waals surface area (Å²) in [5.41, 5.74) is -0.479. The van der Waals surface area contributed by atoms with Gasteiger partial charge in [-0.25, -0.2) is 13.2 Å². The Kier molecular flexibility index (Phi) is 2.44. The SMILES string of the molecule is F[C@@H]1[C@H](F)C1(F)c1ccc(-c2ccccc2)cc1. The minimum absolute atomic E-state index is 0.0715. The van der Waals surface area contributed by atoms with Crippen molar-refractivity contribution in [1.29, 1.82) is 0 Å². The van der Waals surface area contributed by atoms with Gasteiger partial charge in [-0.05, 0) is 16.7 Å². The first-order chi connectivity index (χ1) is 8.64. The van der Waals surface area contributed by atoms with E-state index < -0.39 is 18.0 Å². The van der Waals surface area contributed by atoms with Crippen molar-refractivity contribution in [1.82, 2.24) is 0 Å². The van der Waals surface area contributed by atoms with Crippen LogP contribution in [0.4, 0.5) is 13.2 Å². The van der Waals surface area contributed by atoms with Gasteiger partial charge in [0.1, 0.15) is 0 Å². The van der Waals surface area contributed by atoms with E-state index in [0.29, 0.717) is 0 Å².